The Morgan fingerprint density at radius 2 is 2.22 bits per heavy atom. The number of nitrogens with one attached hydrogen (secondary N) is 1. The van der Waals surface area contributed by atoms with E-state index in [1.54, 1.807) is 6.20 Å². The van der Waals surface area contributed by atoms with Crippen molar-refractivity contribution in [3.8, 4) is 11.3 Å². The number of rotatable bonds is 5. The molecular weight excluding hydrogens is 304 g/mol. The Morgan fingerprint density at radius 3 is 2.96 bits per heavy atom. The molecule has 2 aromatic rings. The van der Waals surface area contributed by atoms with E-state index in [1.807, 2.05) is 7.05 Å². The van der Waals surface area contributed by atoms with Gasteiger partial charge in [0.05, 0.1) is 37.8 Å². The Kier molecular flexibility index (Phi) is 5.00. The van der Waals surface area contributed by atoms with Gasteiger partial charge in [0, 0.05) is 30.3 Å². The van der Waals surface area contributed by atoms with Crippen LogP contribution in [-0.2, 0) is 16.0 Å². The molecule has 3 rings (SSSR count). The van der Waals surface area contributed by atoms with Crippen molar-refractivity contribution in [2.24, 2.45) is 0 Å². The molecule has 0 saturated carbocycles. The van der Waals surface area contributed by atoms with Gasteiger partial charge in [0.25, 0.3) is 0 Å². The molecule has 1 saturated heterocycles. The lowest BCUT2D eigenvalue weighted by Gasteiger charge is -2.27. The molecule has 0 amide bonds. The summed E-state index contributed by atoms with van der Waals surface area (Å²) in [5, 5.41) is 6.79. The molecule has 0 bridgehead atoms. The summed E-state index contributed by atoms with van der Waals surface area (Å²) in [4.78, 5) is 2.06. The molecule has 2 heterocycles. The molecule has 0 unspecified atom stereocenters. The number of nitrogens with zero attached hydrogens (tertiary/aromatic N) is 2. The summed E-state index contributed by atoms with van der Waals surface area (Å²) in [5.74, 6) is -1.21. The molecule has 124 valence electrons. The van der Waals surface area contributed by atoms with Crippen LogP contribution in [0.1, 0.15) is 5.56 Å². The first-order valence-corrected chi connectivity index (χ1v) is 7.49. The van der Waals surface area contributed by atoms with Crippen LogP contribution in [0.25, 0.3) is 11.3 Å². The average molecular weight is 323 g/mol. The highest BCUT2D eigenvalue weighted by molar-refractivity contribution is 5.63. The van der Waals surface area contributed by atoms with Gasteiger partial charge in [-0.15, -0.1) is 0 Å². The van der Waals surface area contributed by atoms with Crippen molar-refractivity contribution in [3.63, 3.8) is 0 Å². The van der Waals surface area contributed by atoms with Crippen LogP contribution in [0, 0.1) is 11.6 Å². The number of aromatic amines is 1. The standard InChI is InChI=1S/C16H19F2N3O2/c1-21(9-13-10-22-4-5-23-13)8-11-7-19-20-16(11)14-3-2-12(17)6-15(14)18/h2-3,6-7,13H,4-5,8-10H2,1H3,(H,19,20)/t13-/m0/s1. The average Bonchev–Trinajstić information content (AvgIpc) is 2.96. The quantitative estimate of drug-likeness (QED) is 0.916. The highest BCUT2D eigenvalue weighted by Gasteiger charge is 2.19. The second-order valence-corrected chi connectivity index (χ2v) is 5.66. The highest BCUT2D eigenvalue weighted by atomic mass is 19.1. The summed E-state index contributed by atoms with van der Waals surface area (Å²) < 4.78 is 38.0. The summed E-state index contributed by atoms with van der Waals surface area (Å²) in [6.07, 6.45) is 1.69. The maximum Gasteiger partial charge on any atom is 0.135 e. The van der Waals surface area contributed by atoms with Crippen LogP contribution in [0.2, 0.25) is 0 Å². The first-order chi connectivity index (χ1) is 11.1. The molecule has 0 aliphatic carbocycles. The highest BCUT2D eigenvalue weighted by Crippen LogP contribution is 2.25. The number of hydrogen-bond acceptors (Lipinski definition) is 4. The fourth-order valence-electron chi connectivity index (χ4n) is 2.70. The minimum Gasteiger partial charge on any atom is -0.376 e. The van der Waals surface area contributed by atoms with E-state index in [1.165, 1.54) is 12.1 Å². The summed E-state index contributed by atoms with van der Waals surface area (Å²) in [7, 11) is 1.95. The zero-order valence-electron chi connectivity index (χ0n) is 12.9. The number of benzene rings is 1. The smallest absolute Gasteiger partial charge is 0.135 e. The fraction of sp³-hybridized carbons (Fsp3) is 0.438. The van der Waals surface area contributed by atoms with Crippen LogP contribution < -0.4 is 0 Å². The molecule has 5 nitrogen and oxygen atoms in total. The number of aromatic nitrogens is 2. The summed E-state index contributed by atoms with van der Waals surface area (Å²) >= 11 is 0. The third-order valence-corrected chi connectivity index (χ3v) is 3.76. The van der Waals surface area contributed by atoms with Gasteiger partial charge < -0.3 is 9.47 Å². The van der Waals surface area contributed by atoms with Gasteiger partial charge in [-0.1, -0.05) is 0 Å². The third kappa shape index (κ3) is 3.93. The maximum atomic E-state index is 14.0. The first-order valence-electron chi connectivity index (χ1n) is 7.49. The Labute approximate surface area is 133 Å². The number of ether oxygens (including phenoxy) is 2. The van der Waals surface area contributed by atoms with Crippen LogP contribution >= 0.6 is 0 Å². The molecule has 7 heteroatoms. The Morgan fingerprint density at radius 1 is 1.35 bits per heavy atom. The van der Waals surface area contributed by atoms with E-state index in [-0.39, 0.29) is 6.10 Å². The summed E-state index contributed by atoms with van der Waals surface area (Å²) in [5.41, 5.74) is 1.72. The third-order valence-electron chi connectivity index (χ3n) is 3.76. The SMILES string of the molecule is CN(Cc1cn[nH]c1-c1ccc(F)cc1F)C[C@H]1COCCO1. The minimum absolute atomic E-state index is 0.0339. The molecule has 1 aromatic carbocycles. The van der Waals surface area contributed by atoms with Gasteiger partial charge >= 0.3 is 0 Å². The van der Waals surface area contributed by atoms with Crippen molar-refractivity contribution in [2.45, 2.75) is 12.6 Å². The Balaban J connectivity index is 1.70. The monoisotopic (exact) mass is 323 g/mol. The number of likely N-dealkylation sites (N-methyl/N-ethyl adjacent to an activating group) is 1. The Bertz CT molecular complexity index is 657. The molecule has 1 atom stereocenters. The molecule has 1 aromatic heterocycles. The van der Waals surface area contributed by atoms with Gasteiger partial charge in [0.1, 0.15) is 11.6 Å². The first kappa shape index (κ1) is 16.0. The molecule has 0 radical (unpaired) electrons. The van der Waals surface area contributed by atoms with Crippen molar-refractivity contribution < 1.29 is 18.3 Å². The van der Waals surface area contributed by atoms with Crippen LogP contribution in [0.3, 0.4) is 0 Å². The van der Waals surface area contributed by atoms with E-state index in [9.17, 15) is 8.78 Å². The maximum absolute atomic E-state index is 14.0. The van der Waals surface area contributed by atoms with Crippen LogP contribution in [0.5, 0.6) is 0 Å². The van der Waals surface area contributed by atoms with E-state index in [2.05, 4.69) is 15.1 Å². The largest absolute Gasteiger partial charge is 0.376 e. The van der Waals surface area contributed by atoms with E-state index in [4.69, 9.17) is 9.47 Å². The lowest BCUT2D eigenvalue weighted by molar-refractivity contribution is -0.0962. The van der Waals surface area contributed by atoms with Crippen molar-refractivity contribution in [1.82, 2.24) is 15.1 Å². The van der Waals surface area contributed by atoms with Gasteiger partial charge in [-0.3, -0.25) is 10.00 Å². The number of H-pyrrole nitrogens is 1. The predicted molar refractivity (Wildman–Crippen MR) is 80.8 cm³/mol. The zero-order valence-corrected chi connectivity index (χ0v) is 12.9. The van der Waals surface area contributed by atoms with Gasteiger partial charge in [-0.25, -0.2) is 8.78 Å². The lowest BCUT2D eigenvalue weighted by atomic mass is 10.1. The normalized spacial score (nSPS) is 18.5. The minimum atomic E-state index is -0.609. The van der Waals surface area contributed by atoms with E-state index in [0.717, 1.165) is 11.6 Å². The Hall–Kier alpha value is -1.83. The fourth-order valence-corrected chi connectivity index (χ4v) is 2.70. The molecule has 1 fully saturated rings. The molecule has 1 aliphatic heterocycles. The lowest BCUT2D eigenvalue weighted by Crippen LogP contribution is -2.38. The van der Waals surface area contributed by atoms with Gasteiger partial charge in [-0.2, -0.15) is 5.10 Å². The zero-order chi connectivity index (χ0) is 16.2. The molecule has 23 heavy (non-hydrogen) atoms. The van der Waals surface area contributed by atoms with Crippen molar-refractivity contribution >= 4 is 0 Å². The van der Waals surface area contributed by atoms with Gasteiger partial charge in [0.15, 0.2) is 0 Å². The second kappa shape index (κ2) is 7.16. The van der Waals surface area contributed by atoms with Crippen molar-refractivity contribution in [2.75, 3.05) is 33.4 Å². The van der Waals surface area contributed by atoms with Crippen molar-refractivity contribution in [3.05, 3.63) is 41.6 Å². The number of halogens is 2. The topological polar surface area (TPSA) is 50.4 Å². The second-order valence-electron chi connectivity index (χ2n) is 5.66. The van der Waals surface area contributed by atoms with Crippen molar-refractivity contribution in [1.29, 1.82) is 0 Å². The summed E-state index contributed by atoms with van der Waals surface area (Å²) in [6.45, 7) is 3.10. The van der Waals surface area contributed by atoms with Crippen LogP contribution in [0.15, 0.2) is 24.4 Å². The molecular formula is C16H19F2N3O2. The molecule has 1 aliphatic rings. The van der Waals surface area contributed by atoms with Gasteiger partial charge in [0.2, 0.25) is 0 Å². The van der Waals surface area contributed by atoms with Gasteiger partial charge in [-0.05, 0) is 19.2 Å². The molecule has 0 spiro atoms. The predicted octanol–water partition coefficient (Wildman–Crippen LogP) is 2.20. The van der Waals surface area contributed by atoms with E-state index in [0.29, 0.717) is 44.2 Å². The van der Waals surface area contributed by atoms with Crippen LogP contribution in [-0.4, -0.2) is 54.6 Å². The summed E-state index contributed by atoms with van der Waals surface area (Å²) in [6, 6.07) is 3.52. The number of hydrogen-bond donors (Lipinski definition) is 1. The van der Waals surface area contributed by atoms with Crippen LogP contribution in [0.4, 0.5) is 8.78 Å². The van der Waals surface area contributed by atoms with E-state index >= 15 is 0 Å². The van der Waals surface area contributed by atoms with E-state index < -0.39 is 11.6 Å². The molecule has 1 N–H and O–H groups in total.